The van der Waals surface area contributed by atoms with Crippen LogP contribution in [-0.4, -0.2) is 23.8 Å². The number of fused-ring (bicyclic) bond motifs is 1. The summed E-state index contributed by atoms with van der Waals surface area (Å²) in [5, 5.41) is 1.33. The highest BCUT2D eigenvalue weighted by atomic mass is 16.5. The zero-order valence-electron chi connectivity index (χ0n) is 12.6. The maximum Gasteiger partial charge on any atom is 0.0645 e. The van der Waals surface area contributed by atoms with E-state index in [1.54, 1.807) is 0 Å². The molecule has 20 heavy (non-hydrogen) atoms. The summed E-state index contributed by atoms with van der Waals surface area (Å²) < 4.78 is 7.90. The number of nitrogens with two attached hydrogens (primary N) is 1. The van der Waals surface area contributed by atoms with E-state index in [1.807, 2.05) is 0 Å². The second-order valence-electron chi connectivity index (χ2n) is 5.35. The SMILES string of the molecule is CCCOCCn1cc(CC(N)CC)c2ccccc21. The molecule has 2 aromatic rings. The van der Waals surface area contributed by atoms with Crippen LogP contribution in [0.4, 0.5) is 0 Å². The molecule has 1 heterocycles. The minimum Gasteiger partial charge on any atom is -0.380 e. The minimum absolute atomic E-state index is 0.241. The molecule has 3 nitrogen and oxygen atoms in total. The third-order valence-electron chi connectivity index (χ3n) is 3.70. The molecule has 0 bridgehead atoms. The maximum absolute atomic E-state index is 6.11. The quantitative estimate of drug-likeness (QED) is 0.750. The van der Waals surface area contributed by atoms with Crippen molar-refractivity contribution in [3.05, 3.63) is 36.0 Å². The molecule has 0 spiro atoms. The molecular weight excluding hydrogens is 248 g/mol. The third-order valence-corrected chi connectivity index (χ3v) is 3.70. The summed E-state index contributed by atoms with van der Waals surface area (Å²) in [6.07, 6.45) is 5.28. The molecule has 0 saturated heterocycles. The fraction of sp³-hybridized carbons (Fsp3) is 0.529. The number of hydrogen-bond acceptors (Lipinski definition) is 2. The number of para-hydroxylation sites is 1. The molecule has 1 unspecified atom stereocenters. The van der Waals surface area contributed by atoms with Crippen molar-refractivity contribution >= 4 is 10.9 Å². The van der Waals surface area contributed by atoms with Crippen LogP contribution in [0.2, 0.25) is 0 Å². The average molecular weight is 274 g/mol. The number of nitrogens with zero attached hydrogens (tertiary/aromatic N) is 1. The van der Waals surface area contributed by atoms with Crippen molar-refractivity contribution in [3.8, 4) is 0 Å². The Morgan fingerprint density at radius 1 is 1.20 bits per heavy atom. The summed E-state index contributed by atoms with van der Waals surface area (Å²) in [5.74, 6) is 0. The first kappa shape index (κ1) is 15.1. The van der Waals surface area contributed by atoms with Crippen molar-refractivity contribution in [3.63, 3.8) is 0 Å². The fourth-order valence-corrected chi connectivity index (χ4v) is 2.51. The van der Waals surface area contributed by atoms with Gasteiger partial charge in [-0.2, -0.15) is 0 Å². The standard InChI is InChI=1S/C17H26N2O/c1-3-10-20-11-9-19-13-14(12-15(18)4-2)16-7-5-6-8-17(16)19/h5-8,13,15H,3-4,9-12,18H2,1-2H3. The molecule has 110 valence electrons. The van der Waals surface area contributed by atoms with Gasteiger partial charge >= 0.3 is 0 Å². The minimum atomic E-state index is 0.241. The number of ether oxygens (including phenoxy) is 1. The highest BCUT2D eigenvalue weighted by Gasteiger charge is 2.10. The Labute approximate surface area is 121 Å². The van der Waals surface area contributed by atoms with E-state index in [-0.39, 0.29) is 6.04 Å². The predicted octanol–water partition coefficient (Wildman–Crippen LogP) is 3.35. The average Bonchev–Trinajstić information content (AvgIpc) is 2.82. The van der Waals surface area contributed by atoms with Gasteiger partial charge in [0.15, 0.2) is 0 Å². The van der Waals surface area contributed by atoms with Crippen molar-refractivity contribution in [2.24, 2.45) is 5.73 Å². The first-order chi connectivity index (χ1) is 9.76. The second-order valence-corrected chi connectivity index (χ2v) is 5.35. The van der Waals surface area contributed by atoms with Gasteiger partial charge in [-0.3, -0.25) is 0 Å². The van der Waals surface area contributed by atoms with Gasteiger partial charge in [0.05, 0.1) is 6.61 Å². The Hall–Kier alpha value is -1.32. The van der Waals surface area contributed by atoms with Crippen LogP contribution < -0.4 is 5.73 Å². The third kappa shape index (κ3) is 3.62. The lowest BCUT2D eigenvalue weighted by Gasteiger charge is -2.07. The maximum atomic E-state index is 6.11. The monoisotopic (exact) mass is 274 g/mol. The van der Waals surface area contributed by atoms with Crippen LogP contribution in [0.3, 0.4) is 0 Å². The van der Waals surface area contributed by atoms with Gasteiger partial charge < -0.3 is 15.0 Å². The van der Waals surface area contributed by atoms with Gasteiger partial charge in [-0.05, 0) is 30.9 Å². The topological polar surface area (TPSA) is 40.2 Å². The Kier molecular flexibility index (Phi) is 5.62. The van der Waals surface area contributed by atoms with Crippen molar-refractivity contribution in [1.82, 2.24) is 4.57 Å². The van der Waals surface area contributed by atoms with Gasteiger partial charge in [0.1, 0.15) is 0 Å². The van der Waals surface area contributed by atoms with Gasteiger partial charge in [-0.15, -0.1) is 0 Å². The van der Waals surface area contributed by atoms with E-state index in [2.05, 4.69) is 48.9 Å². The molecule has 1 aromatic carbocycles. The molecule has 3 heteroatoms. The zero-order chi connectivity index (χ0) is 14.4. The first-order valence-electron chi connectivity index (χ1n) is 7.66. The highest BCUT2D eigenvalue weighted by Crippen LogP contribution is 2.22. The zero-order valence-corrected chi connectivity index (χ0v) is 12.6. The van der Waals surface area contributed by atoms with Crippen molar-refractivity contribution in [2.45, 2.75) is 45.7 Å². The molecule has 0 aliphatic rings. The van der Waals surface area contributed by atoms with Crippen LogP contribution >= 0.6 is 0 Å². The fourth-order valence-electron chi connectivity index (χ4n) is 2.51. The number of rotatable bonds is 8. The Morgan fingerprint density at radius 3 is 2.75 bits per heavy atom. The summed E-state index contributed by atoms with van der Waals surface area (Å²) in [6.45, 7) is 6.79. The van der Waals surface area contributed by atoms with Crippen LogP contribution in [0.15, 0.2) is 30.5 Å². The molecule has 0 fully saturated rings. The predicted molar refractivity (Wildman–Crippen MR) is 85.0 cm³/mol. The van der Waals surface area contributed by atoms with E-state index >= 15 is 0 Å². The first-order valence-corrected chi connectivity index (χ1v) is 7.66. The van der Waals surface area contributed by atoms with E-state index in [1.165, 1.54) is 16.5 Å². The molecule has 1 aromatic heterocycles. The summed E-state index contributed by atoms with van der Waals surface area (Å²) in [4.78, 5) is 0. The molecule has 0 radical (unpaired) electrons. The smallest absolute Gasteiger partial charge is 0.0645 e. The van der Waals surface area contributed by atoms with Gasteiger partial charge in [-0.1, -0.05) is 32.0 Å². The Morgan fingerprint density at radius 2 is 2.00 bits per heavy atom. The molecule has 0 amide bonds. The number of benzene rings is 1. The van der Waals surface area contributed by atoms with E-state index in [9.17, 15) is 0 Å². The molecule has 2 rings (SSSR count). The lowest BCUT2D eigenvalue weighted by molar-refractivity contribution is 0.127. The van der Waals surface area contributed by atoms with E-state index in [0.717, 1.165) is 39.0 Å². The van der Waals surface area contributed by atoms with Crippen LogP contribution in [0.5, 0.6) is 0 Å². The lowest BCUT2D eigenvalue weighted by atomic mass is 10.0. The van der Waals surface area contributed by atoms with E-state index in [4.69, 9.17) is 10.5 Å². The van der Waals surface area contributed by atoms with Gasteiger partial charge in [0, 0.05) is 36.3 Å². The highest BCUT2D eigenvalue weighted by molar-refractivity contribution is 5.84. The largest absolute Gasteiger partial charge is 0.380 e. The normalized spacial score (nSPS) is 12.9. The lowest BCUT2D eigenvalue weighted by Crippen LogP contribution is -2.21. The van der Waals surface area contributed by atoms with Crippen LogP contribution in [0, 0.1) is 0 Å². The Bertz CT molecular complexity index is 533. The van der Waals surface area contributed by atoms with Gasteiger partial charge in [0.25, 0.3) is 0 Å². The summed E-state index contributed by atoms with van der Waals surface area (Å²) in [7, 11) is 0. The van der Waals surface area contributed by atoms with Crippen molar-refractivity contribution in [1.29, 1.82) is 0 Å². The molecular formula is C17H26N2O. The van der Waals surface area contributed by atoms with E-state index in [0.29, 0.717) is 0 Å². The van der Waals surface area contributed by atoms with E-state index < -0.39 is 0 Å². The van der Waals surface area contributed by atoms with Crippen molar-refractivity contribution in [2.75, 3.05) is 13.2 Å². The molecule has 0 aliphatic carbocycles. The van der Waals surface area contributed by atoms with Gasteiger partial charge in [-0.25, -0.2) is 0 Å². The molecule has 2 N–H and O–H groups in total. The summed E-state index contributed by atoms with van der Waals surface area (Å²) in [5.41, 5.74) is 8.75. The van der Waals surface area contributed by atoms with Crippen LogP contribution in [0.25, 0.3) is 10.9 Å². The van der Waals surface area contributed by atoms with Gasteiger partial charge in [0.2, 0.25) is 0 Å². The Balaban J connectivity index is 2.17. The molecule has 1 atom stereocenters. The number of hydrogen-bond donors (Lipinski definition) is 1. The number of aromatic nitrogens is 1. The molecule has 0 saturated carbocycles. The van der Waals surface area contributed by atoms with Crippen LogP contribution in [-0.2, 0) is 17.7 Å². The summed E-state index contributed by atoms with van der Waals surface area (Å²) >= 11 is 0. The van der Waals surface area contributed by atoms with Crippen LogP contribution in [0.1, 0.15) is 32.3 Å². The second kappa shape index (κ2) is 7.46. The summed E-state index contributed by atoms with van der Waals surface area (Å²) in [6, 6.07) is 8.80. The molecule has 0 aliphatic heterocycles. The van der Waals surface area contributed by atoms with Crippen molar-refractivity contribution < 1.29 is 4.74 Å².